The Hall–Kier alpha value is -2.41. The molecule has 0 aliphatic carbocycles. The van der Waals surface area contributed by atoms with E-state index in [4.69, 9.17) is 4.74 Å². The summed E-state index contributed by atoms with van der Waals surface area (Å²) in [4.78, 5) is 32.8. The molecule has 1 aromatic heterocycles. The normalized spacial score (nSPS) is 10.2. The van der Waals surface area contributed by atoms with Gasteiger partial charge in [0.15, 0.2) is 5.82 Å². The zero-order valence-corrected chi connectivity index (χ0v) is 14.0. The van der Waals surface area contributed by atoms with Crippen molar-refractivity contribution in [3.05, 3.63) is 42.2 Å². The molecule has 0 fully saturated rings. The van der Waals surface area contributed by atoms with Crippen LogP contribution < -0.4 is 9.64 Å². The van der Waals surface area contributed by atoms with E-state index in [0.717, 1.165) is 16.2 Å². The van der Waals surface area contributed by atoms with Gasteiger partial charge >= 0.3 is 0 Å². The molecule has 6 nitrogen and oxygen atoms in total. The van der Waals surface area contributed by atoms with E-state index in [9.17, 15) is 9.59 Å². The number of anilines is 1. The minimum absolute atomic E-state index is 0.269. The Morgan fingerprint density at radius 3 is 2.26 bits per heavy atom. The largest absolute Gasteiger partial charge is 0.497 e. The number of imide groups is 1. The van der Waals surface area contributed by atoms with Crippen molar-refractivity contribution in [2.45, 2.75) is 24.6 Å². The molecule has 0 unspecified atom stereocenters. The summed E-state index contributed by atoms with van der Waals surface area (Å²) >= 11 is 1.42. The molecular formula is C16H17N3O3S. The number of amides is 2. The Kier molecular flexibility index (Phi) is 5.70. The van der Waals surface area contributed by atoms with Gasteiger partial charge in [-0.25, -0.2) is 14.9 Å². The van der Waals surface area contributed by atoms with Gasteiger partial charge in [0.1, 0.15) is 10.8 Å². The van der Waals surface area contributed by atoms with Crippen LogP contribution in [0.2, 0.25) is 0 Å². The lowest BCUT2D eigenvalue weighted by atomic mass is 10.2. The number of hydrogen-bond donors (Lipinski definition) is 0. The van der Waals surface area contributed by atoms with Gasteiger partial charge in [0, 0.05) is 32.0 Å². The molecule has 1 heterocycles. The second kappa shape index (κ2) is 7.73. The number of nitrogens with zero attached hydrogens (tertiary/aromatic N) is 3. The van der Waals surface area contributed by atoms with E-state index < -0.39 is 0 Å². The molecule has 0 aliphatic heterocycles. The molecule has 0 spiro atoms. The van der Waals surface area contributed by atoms with Gasteiger partial charge in [0.2, 0.25) is 11.8 Å². The fraction of sp³-hybridized carbons (Fsp3) is 0.250. The van der Waals surface area contributed by atoms with E-state index in [1.54, 1.807) is 7.11 Å². The fourth-order valence-corrected chi connectivity index (χ4v) is 2.87. The number of ether oxygens (including phenoxy) is 1. The molecule has 0 atom stereocenters. The standard InChI is InChI=1S/C16H17N3O3S/c1-11(20)19(12(2)21)15-16(18-9-8-17-15)23-10-13-4-6-14(22-3)7-5-13/h4-9H,10H2,1-3H3. The maximum Gasteiger partial charge on any atom is 0.231 e. The van der Waals surface area contributed by atoms with E-state index in [1.165, 1.54) is 38.0 Å². The second-order valence-electron chi connectivity index (χ2n) is 4.70. The minimum atomic E-state index is -0.385. The topological polar surface area (TPSA) is 72.4 Å². The lowest BCUT2D eigenvalue weighted by Crippen LogP contribution is -2.34. The van der Waals surface area contributed by atoms with E-state index in [1.807, 2.05) is 24.3 Å². The highest BCUT2D eigenvalue weighted by Gasteiger charge is 2.22. The SMILES string of the molecule is COc1ccc(CSc2nccnc2N(C(C)=O)C(C)=O)cc1. The first kappa shape index (κ1) is 17.0. The van der Waals surface area contributed by atoms with Crippen molar-refractivity contribution in [1.82, 2.24) is 9.97 Å². The monoisotopic (exact) mass is 331 g/mol. The molecule has 1 aromatic carbocycles. The zero-order valence-electron chi connectivity index (χ0n) is 13.1. The molecular weight excluding hydrogens is 314 g/mol. The summed E-state index contributed by atoms with van der Waals surface area (Å²) in [7, 11) is 1.62. The second-order valence-corrected chi connectivity index (χ2v) is 5.66. The number of aromatic nitrogens is 2. The van der Waals surface area contributed by atoms with Crippen molar-refractivity contribution in [3.8, 4) is 5.75 Å². The van der Waals surface area contributed by atoms with Crippen molar-refractivity contribution in [1.29, 1.82) is 0 Å². The maximum atomic E-state index is 11.7. The van der Waals surface area contributed by atoms with Crippen LogP contribution in [0.25, 0.3) is 0 Å². The molecule has 23 heavy (non-hydrogen) atoms. The van der Waals surface area contributed by atoms with E-state index in [-0.39, 0.29) is 17.6 Å². The number of benzene rings is 1. The summed E-state index contributed by atoms with van der Waals surface area (Å²) in [6.07, 6.45) is 3.00. The fourth-order valence-electron chi connectivity index (χ4n) is 1.97. The third-order valence-electron chi connectivity index (χ3n) is 3.02. The molecule has 0 N–H and O–H groups in total. The molecule has 0 saturated heterocycles. The number of carbonyl (C=O) groups is 2. The molecule has 0 radical (unpaired) electrons. The van der Waals surface area contributed by atoms with Gasteiger partial charge in [-0.05, 0) is 17.7 Å². The highest BCUT2D eigenvalue weighted by atomic mass is 32.2. The van der Waals surface area contributed by atoms with Crippen LogP contribution in [0.4, 0.5) is 5.82 Å². The van der Waals surface area contributed by atoms with Crippen LogP contribution in [0.1, 0.15) is 19.4 Å². The average Bonchev–Trinajstić information content (AvgIpc) is 2.54. The van der Waals surface area contributed by atoms with E-state index in [2.05, 4.69) is 9.97 Å². The summed E-state index contributed by atoms with van der Waals surface area (Å²) in [6, 6.07) is 7.67. The molecule has 7 heteroatoms. The number of hydrogen-bond acceptors (Lipinski definition) is 6. The first-order valence-electron chi connectivity index (χ1n) is 6.91. The Morgan fingerprint density at radius 2 is 1.70 bits per heavy atom. The molecule has 0 aliphatic rings. The first-order valence-corrected chi connectivity index (χ1v) is 7.89. The van der Waals surface area contributed by atoms with E-state index >= 15 is 0 Å². The minimum Gasteiger partial charge on any atom is -0.497 e. The highest BCUT2D eigenvalue weighted by Crippen LogP contribution is 2.29. The maximum absolute atomic E-state index is 11.7. The highest BCUT2D eigenvalue weighted by molar-refractivity contribution is 7.98. The molecule has 2 rings (SSSR count). The predicted molar refractivity (Wildman–Crippen MR) is 88.4 cm³/mol. The average molecular weight is 331 g/mol. The summed E-state index contributed by atoms with van der Waals surface area (Å²) < 4.78 is 5.12. The van der Waals surface area contributed by atoms with Crippen molar-refractivity contribution in [3.63, 3.8) is 0 Å². The lowest BCUT2D eigenvalue weighted by Gasteiger charge is -2.18. The molecule has 120 valence electrons. The van der Waals surface area contributed by atoms with Gasteiger partial charge in [-0.3, -0.25) is 9.59 Å². The number of thioether (sulfide) groups is 1. The Balaban J connectivity index is 2.19. The number of carbonyl (C=O) groups excluding carboxylic acids is 2. The predicted octanol–water partition coefficient (Wildman–Crippen LogP) is 2.68. The van der Waals surface area contributed by atoms with Gasteiger partial charge < -0.3 is 4.74 Å². The molecule has 0 bridgehead atoms. The first-order chi connectivity index (χ1) is 11.0. The van der Waals surface area contributed by atoms with Gasteiger partial charge in [-0.2, -0.15) is 0 Å². The summed E-state index contributed by atoms with van der Waals surface area (Å²) in [5, 5.41) is 0.536. The lowest BCUT2D eigenvalue weighted by molar-refractivity contribution is -0.124. The molecule has 2 amide bonds. The Labute approximate surface area is 138 Å². The van der Waals surface area contributed by atoms with Crippen LogP contribution in [0.5, 0.6) is 5.75 Å². The van der Waals surface area contributed by atoms with Crippen LogP contribution in [-0.2, 0) is 15.3 Å². The molecule has 0 saturated carbocycles. The Morgan fingerprint density at radius 1 is 1.09 bits per heavy atom. The summed E-state index contributed by atoms with van der Waals surface area (Å²) in [5.74, 6) is 0.928. The van der Waals surface area contributed by atoms with E-state index in [0.29, 0.717) is 10.8 Å². The van der Waals surface area contributed by atoms with Gasteiger partial charge in [-0.1, -0.05) is 23.9 Å². The van der Waals surface area contributed by atoms with Crippen molar-refractivity contribution >= 4 is 29.4 Å². The number of rotatable bonds is 5. The van der Waals surface area contributed by atoms with Crippen LogP contribution in [-0.4, -0.2) is 28.9 Å². The summed E-state index contributed by atoms with van der Waals surface area (Å²) in [5.41, 5.74) is 1.07. The third kappa shape index (κ3) is 4.29. The van der Waals surface area contributed by atoms with Crippen molar-refractivity contribution < 1.29 is 14.3 Å². The zero-order chi connectivity index (χ0) is 16.8. The Bertz CT molecular complexity index is 690. The smallest absolute Gasteiger partial charge is 0.231 e. The number of methoxy groups -OCH3 is 1. The summed E-state index contributed by atoms with van der Waals surface area (Å²) in [6.45, 7) is 2.65. The van der Waals surface area contributed by atoms with Gasteiger partial charge in [0.25, 0.3) is 0 Å². The third-order valence-corrected chi connectivity index (χ3v) is 4.06. The van der Waals surface area contributed by atoms with Crippen molar-refractivity contribution in [2.24, 2.45) is 0 Å². The van der Waals surface area contributed by atoms with Gasteiger partial charge in [-0.15, -0.1) is 0 Å². The van der Waals surface area contributed by atoms with Crippen LogP contribution >= 0.6 is 11.8 Å². The van der Waals surface area contributed by atoms with Crippen LogP contribution in [0.3, 0.4) is 0 Å². The molecule has 2 aromatic rings. The van der Waals surface area contributed by atoms with Gasteiger partial charge in [0.05, 0.1) is 7.11 Å². The quantitative estimate of drug-likeness (QED) is 0.784. The van der Waals surface area contributed by atoms with Crippen LogP contribution in [0.15, 0.2) is 41.7 Å². The van der Waals surface area contributed by atoms with Crippen molar-refractivity contribution in [2.75, 3.05) is 12.0 Å². The van der Waals surface area contributed by atoms with Crippen LogP contribution in [0, 0.1) is 0 Å².